The summed E-state index contributed by atoms with van der Waals surface area (Å²) in [5, 5.41) is 9.22. The summed E-state index contributed by atoms with van der Waals surface area (Å²) in [5.41, 5.74) is -0.125. The van der Waals surface area contributed by atoms with Gasteiger partial charge in [-0.1, -0.05) is 0 Å². The lowest BCUT2D eigenvalue weighted by atomic mass is 9.92. The standard InChI is InChI=1S/C18H19F3N2O2/c1-2-25-17(24)5-11-9-23(10-11)13-6-14(12-3-4-12)15(8-22)16(7-13)18(19,20)21/h6-7,11-12H,2-5,9-10H2,1H3. The van der Waals surface area contributed by atoms with Gasteiger partial charge in [-0.2, -0.15) is 18.4 Å². The molecule has 25 heavy (non-hydrogen) atoms. The molecule has 2 fully saturated rings. The highest BCUT2D eigenvalue weighted by molar-refractivity contribution is 5.70. The van der Waals surface area contributed by atoms with Crippen LogP contribution < -0.4 is 4.90 Å². The fourth-order valence-corrected chi connectivity index (χ4v) is 3.26. The first-order chi connectivity index (χ1) is 11.8. The van der Waals surface area contributed by atoms with Gasteiger partial charge in [0.05, 0.1) is 24.2 Å². The lowest BCUT2D eigenvalue weighted by Crippen LogP contribution is -2.47. The van der Waals surface area contributed by atoms with E-state index in [0.717, 1.165) is 18.9 Å². The van der Waals surface area contributed by atoms with Crippen LogP contribution in [0.3, 0.4) is 0 Å². The number of alkyl halides is 3. The molecule has 0 aromatic heterocycles. The molecule has 134 valence electrons. The molecular weight excluding hydrogens is 333 g/mol. The number of esters is 1. The van der Waals surface area contributed by atoms with Crippen LogP contribution in [0.2, 0.25) is 0 Å². The number of halogens is 3. The summed E-state index contributed by atoms with van der Waals surface area (Å²) in [4.78, 5) is 13.3. The van der Waals surface area contributed by atoms with E-state index in [4.69, 9.17) is 4.74 Å². The van der Waals surface area contributed by atoms with Crippen LogP contribution in [-0.2, 0) is 15.7 Å². The number of anilines is 1. The molecule has 3 rings (SSSR count). The topological polar surface area (TPSA) is 53.3 Å². The summed E-state index contributed by atoms with van der Waals surface area (Å²) < 4.78 is 45.0. The second kappa shape index (κ2) is 6.58. The quantitative estimate of drug-likeness (QED) is 0.756. The van der Waals surface area contributed by atoms with Crippen LogP contribution in [0, 0.1) is 17.2 Å². The third-order valence-electron chi connectivity index (χ3n) is 4.67. The molecule has 1 aromatic rings. The number of rotatable bonds is 5. The first-order valence-corrected chi connectivity index (χ1v) is 8.39. The van der Waals surface area contributed by atoms with Crippen LogP contribution in [0.15, 0.2) is 12.1 Å². The van der Waals surface area contributed by atoms with Crippen LogP contribution in [0.1, 0.15) is 48.8 Å². The largest absolute Gasteiger partial charge is 0.466 e. The minimum Gasteiger partial charge on any atom is -0.466 e. The van der Waals surface area contributed by atoms with Gasteiger partial charge in [-0.3, -0.25) is 4.79 Å². The molecule has 1 saturated carbocycles. The van der Waals surface area contributed by atoms with Gasteiger partial charge in [0.2, 0.25) is 0 Å². The second-order valence-electron chi connectivity index (χ2n) is 6.62. The normalized spacial score (nSPS) is 17.8. The monoisotopic (exact) mass is 352 g/mol. The summed E-state index contributed by atoms with van der Waals surface area (Å²) in [6, 6.07) is 4.52. The summed E-state index contributed by atoms with van der Waals surface area (Å²) >= 11 is 0. The lowest BCUT2D eigenvalue weighted by molar-refractivity contribution is -0.144. The van der Waals surface area contributed by atoms with Crippen molar-refractivity contribution in [3.8, 4) is 6.07 Å². The van der Waals surface area contributed by atoms with Crippen molar-refractivity contribution in [2.75, 3.05) is 24.6 Å². The van der Waals surface area contributed by atoms with Gasteiger partial charge in [0.1, 0.15) is 6.07 Å². The Morgan fingerprint density at radius 2 is 2.04 bits per heavy atom. The SMILES string of the molecule is CCOC(=O)CC1CN(c2cc(C3CC3)c(C#N)c(C(F)(F)F)c2)C1. The maximum Gasteiger partial charge on any atom is 0.417 e. The number of ether oxygens (including phenoxy) is 1. The van der Waals surface area contributed by atoms with Crippen molar-refractivity contribution in [2.24, 2.45) is 5.92 Å². The average molecular weight is 352 g/mol. The van der Waals surface area contributed by atoms with E-state index < -0.39 is 11.7 Å². The van der Waals surface area contributed by atoms with Gasteiger partial charge in [-0.05, 0) is 43.4 Å². The first-order valence-electron chi connectivity index (χ1n) is 8.39. The van der Waals surface area contributed by atoms with Gasteiger partial charge < -0.3 is 9.64 Å². The maximum absolute atomic E-state index is 13.4. The second-order valence-corrected chi connectivity index (χ2v) is 6.62. The van der Waals surface area contributed by atoms with Crippen molar-refractivity contribution in [3.63, 3.8) is 0 Å². The molecule has 4 nitrogen and oxygen atoms in total. The Balaban J connectivity index is 1.80. The molecule has 0 amide bonds. The van der Waals surface area contributed by atoms with Crippen molar-refractivity contribution in [2.45, 2.75) is 38.3 Å². The number of hydrogen-bond acceptors (Lipinski definition) is 4. The van der Waals surface area contributed by atoms with Gasteiger partial charge in [-0.15, -0.1) is 0 Å². The van der Waals surface area contributed by atoms with Gasteiger partial charge in [0.25, 0.3) is 0 Å². The van der Waals surface area contributed by atoms with E-state index in [1.807, 2.05) is 4.90 Å². The number of carbonyl (C=O) groups excluding carboxylic acids is 1. The number of benzene rings is 1. The van der Waals surface area contributed by atoms with Gasteiger partial charge in [-0.25, -0.2) is 0 Å². The van der Waals surface area contributed by atoms with Crippen molar-refractivity contribution in [1.82, 2.24) is 0 Å². The average Bonchev–Trinajstić information content (AvgIpc) is 3.33. The smallest absolute Gasteiger partial charge is 0.417 e. The van der Waals surface area contributed by atoms with Gasteiger partial charge in [0.15, 0.2) is 0 Å². The number of hydrogen-bond donors (Lipinski definition) is 0. The molecule has 1 aromatic carbocycles. The molecular formula is C18H19F3N2O2. The van der Waals surface area contributed by atoms with Gasteiger partial charge in [0, 0.05) is 24.7 Å². The third-order valence-corrected chi connectivity index (χ3v) is 4.67. The summed E-state index contributed by atoms with van der Waals surface area (Å²) in [6.45, 7) is 3.10. The maximum atomic E-state index is 13.4. The fourth-order valence-electron chi connectivity index (χ4n) is 3.26. The van der Waals surface area contributed by atoms with Crippen LogP contribution in [0.4, 0.5) is 18.9 Å². The zero-order chi connectivity index (χ0) is 18.2. The molecule has 1 aliphatic carbocycles. The molecule has 0 N–H and O–H groups in total. The zero-order valence-corrected chi connectivity index (χ0v) is 13.9. The Morgan fingerprint density at radius 3 is 2.56 bits per heavy atom. The van der Waals surface area contributed by atoms with E-state index in [9.17, 15) is 23.2 Å². The Bertz CT molecular complexity index is 714. The van der Waals surface area contributed by atoms with E-state index in [2.05, 4.69) is 0 Å². The highest BCUT2D eigenvalue weighted by Crippen LogP contribution is 2.47. The van der Waals surface area contributed by atoms with Crippen molar-refractivity contribution >= 4 is 11.7 Å². The molecule has 1 saturated heterocycles. The number of nitriles is 1. The van der Waals surface area contributed by atoms with E-state index in [-0.39, 0.29) is 29.8 Å². The summed E-state index contributed by atoms with van der Waals surface area (Å²) in [6.07, 6.45) is -2.63. The van der Waals surface area contributed by atoms with Crippen molar-refractivity contribution in [1.29, 1.82) is 5.26 Å². The third kappa shape index (κ3) is 3.73. The number of nitrogens with zero attached hydrogens (tertiary/aromatic N) is 2. The predicted molar refractivity (Wildman–Crippen MR) is 85.1 cm³/mol. The molecule has 7 heteroatoms. The van der Waals surface area contributed by atoms with Crippen LogP contribution in [0.5, 0.6) is 0 Å². The Morgan fingerprint density at radius 1 is 1.36 bits per heavy atom. The predicted octanol–water partition coefficient (Wildman–Crippen LogP) is 3.84. The fraction of sp³-hybridized carbons (Fsp3) is 0.556. The first kappa shape index (κ1) is 17.6. The molecule has 0 spiro atoms. The number of carbonyl (C=O) groups is 1. The zero-order valence-electron chi connectivity index (χ0n) is 13.9. The Labute approximate surface area is 144 Å². The highest BCUT2D eigenvalue weighted by atomic mass is 19.4. The van der Waals surface area contributed by atoms with Crippen molar-refractivity contribution in [3.05, 3.63) is 28.8 Å². The molecule has 1 heterocycles. The summed E-state index contributed by atoms with van der Waals surface area (Å²) in [5.74, 6) is -0.137. The Kier molecular flexibility index (Phi) is 4.63. The Hall–Kier alpha value is -2.23. The molecule has 0 bridgehead atoms. The lowest BCUT2D eigenvalue weighted by Gasteiger charge is -2.41. The minimum atomic E-state index is -4.56. The van der Waals surface area contributed by atoms with Crippen LogP contribution >= 0.6 is 0 Å². The summed E-state index contributed by atoms with van der Waals surface area (Å²) in [7, 11) is 0. The van der Waals surface area contributed by atoms with Crippen LogP contribution in [0.25, 0.3) is 0 Å². The van der Waals surface area contributed by atoms with E-state index in [1.165, 1.54) is 0 Å². The van der Waals surface area contributed by atoms with E-state index in [0.29, 0.717) is 30.9 Å². The minimum absolute atomic E-state index is 0.0484. The van der Waals surface area contributed by atoms with E-state index >= 15 is 0 Å². The molecule has 0 radical (unpaired) electrons. The molecule has 1 aliphatic heterocycles. The van der Waals surface area contributed by atoms with Crippen LogP contribution in [-0.4, -0.2) is 25.7 Å². The van der Waals surface area contributed by atoms with E-state index in [1.54, 1.807) is 19.1 Å². The van der Waals surface area contributed by atoms with Gasteiger partial charge >= 0.3 is 12.1 Å². The molecule has 0 atom stereocenters. The molecule has 0 unspecified atom stereocenters. The van der Waals surface area contributed by atoms with Crippen molar-refractivity contribution < 1.29 is 22.7 Å². The molecule has 2 aliphatic rings. The highest BCUT2D eigenvalue weighted by Gasteiger charge is 2.39.